The molecule has 0 radical (unpaired) electrons. The summed E-state index contributed by atoms with van der Waals surface area (Å²) in [4.78, 5) is 99.3. The van der Waals surface area contributed by atoms with Gasteiger partial charge in [0, 0.05) is 50.1 Å². The number of methoxy groups -OCH3 is 1. The molecule has 0 saturated heterocycles. The average molecular weight is 971 g/mol. The van der Waals surface area contributed by atoms with E-state index in [1.807, 2.05) is 56.3 Å². The highest BCUT2D eigenvalue weighted by molar-refractivity contribution is 5.98. The quantitative estimate of drug-likeness (QED) is 0.0463. The Hall–Kier alpha value is -6.47. The van der Waals surface area contributed by atoms with Gasteiger partial charge in [-0.15, -0.1) is 0 Å². The SMILES string of the molecule is CCCCc1ccc(-c2ccc(C(=O)CC[C@@H](NC(=O)OC(C)(C)C)C(=O)C[C@@H](CCCCN)C(=O)N(C)[C@@H]3C(=O)C[C@@H](C)C(=O)N[C@H](C(=O)OC)Cc4ccc(C)c(c4)-c4cc3ccc4C)cc2)cc1. The van der Waals surface area contributed by atoms with Crippen molar-refractivity contribution in [3.05, 3.63) is 118 Å². The van der Waals surface area contributed by atoms with E-state index in [1.165, 1.54) is 24.6 Å². The molecule has 4 aromatic rings. The fourth-order valence-corrected chi connectivity index (χ4v) is 9.13. The number of esters is 1. The monoisotopic (exact) mass is 971 g/mol. The normalized spacial score (nSPS) is 17.0. The molecule has 0 spiro atoms. The number of ketones is 3. The van der Waals surface area contributed by atoms with Gasteiger partial charge in [-0.2, -0.15) is 0 Å². The van der Waals surface area contributed by atoms with Crippen molar-refractivity contribution < 1.29 is 43.0 Å². The van der Waals surface area contributed by atoms with E-state index in [1.54, 1.807) is 45.9 Å². The first kappa shape index (κ1) is 55.5. The van der Waals surface area contributed by atoms with Crippen molar-refractivity contribution >= 4 is 41.2 Å². The van der Waals surface area contributed by atoms with Crippen LogP contribution in [0.25, 0.3) is 22.3 Å². The molecule has 1 aliphatic rings. The van der Waals surface area contributed by atoms with E-state index in [0.29, 0.717) is 30.5 Å². The number of carbonyl (C=O) groups excluding carboxylic acids is 7. The number of carbonyl (C=O) groups is 7. The number of rotatable bonds is 19. The highest BCUT2D eigenvalue weighted by atomic mass is 16.6. The van der Waals surface area contributed by atoms with Crippen LogP contribution in [0.15, 0.2) is 84.9 Å². The van der Waals surface area contributed by atoms with E-state index < -0.39 is 71.0 Å². The van der Waals surface area contributed by atoms with Crippen molar-refractivity contribution in [3.8, 4) is 22.3 Å². The summed E-state index contributed by atoms with van der Waals surface area (Å²) in [5, 5.41) is 5.49. The van der Waals surface area contributed by atoms with Gasteiger partial charge in [0.15, 0.2) is 17.3 Å². The van der Waals surface area contributed by atoms with Gasteiger partial charge < -0.3 is 30.7 Å². The smallest absolute Gasteiger partial charge is 0.408 e. The number of nitrogens with two attached hydrogens (primary N) is 1. The van der Waals surface area contributed by atoms with Crippen LogP contribution >= 0.6 is 0 Å². The molecular formula is C58H74N4O9. The van der Waals surface area contributed by atoms with Crippen molar-refractivity contribution in [1.29, 1.82) is 0 Å². The van der Waals surface area contributed by atoms with Crippen molar-refractivity contribution in [2.24, 2.45) is 17.6 Å². The van der Waals surface area contributed by atoms with E-state index in [0.717, 1.165) is 58.2 Å². The fourth-order valence-electron chi connectivity index (χ4n) is 9.13. The molecule has 13 nitrogen and oxygen atoms in total. The zero-order valence-electron chi connectivity index (χ0n) is 43.2. The molecule has 0 unspecified atom stereocenters. The Morgan fingerprint density at radius 2 is 1.46 bits per heavy atom. The third-order valence-electron chi connectivity index (χ3n) is 13.3. The van der Waals surface area contributed by atoms with E-state index >= 15 is 4.79 Å². The van der Waals surface area contributed by atoms with Crippen molar-refractivity contribution in [2.45, 2.75) is 143 Å². The summed E-state index contributed by atoms with van der Waals surface area (Å²) in [6.45, 7) is 13.1. The van der Waals surface area contributed by atoms with Gasteiger partial charge in [-0.1, -0.05) is 106 Å². The summed E-state index contributed by atoms with van der Waals surface area (Å²) < 4.78 is 10.6. The molecule has 0 aromatic heterocycles. The van der Waals surface area contributed by atoms with Crippen LogP contribution in [0, 0.1) is 25.7 Å². The Balaban J connectivity index is 1.44. The summed E-state index contributed by atoms with van der Waals surface area (Å²) in [6, 6.07) is 23.8. The topological polar surface area (TPSA) is 191 Å². The summed E-state index contributed by atoms with van der Waals surface area (Å²) in [6.07, 6.45) is 3.21. The zero-order chi connectivity index (χ0) is 52.0. The van der Waals surface area contributed by atoms with Crippen LogP contribution in [0.5, 0.6) is 0 Å². The van der Waals surface area contributed by atoms with Gasteiger partial charge in [0.25, 0.3) is 0 Å². The number of ether oxygens (including phenoxy) is 2. The lowest BCUT2D eigenvalue weighted by Crippen LogP contribution is -2.47. The van der Waals surface area contributed by atoms with Crippen LogP contribution in [0.2, 0.25) is 0 Å². The van der Waals surface area contributed by atoms with Crippen LogP contribution in [0.3, 0.4) is 0 Å². The molecule has 71 heavy (non-hydrogen) atoms. The van der Waals surface area contributed by atoms with Gasteiger partial charge in [-0.3, -0.25) is 24.0 Å². The number of amides is 3. The number of aryl methyl sites for hydroxylation is 3. The Bertz CT molecular complexity index is 2530. The second-order valence-electron chi connectivity index (χ2n) is 20.1. The lowest BCUT2D eigenvalue weighted by atomic mass is 9.86. The molecule has 380 valence electrons. The Labute approximate surface area is 420 Å². The number of benzene rings is 4. The van der Waals surface area contributed by atoms with Gasteiger partial charge in [0.05, 0.1) is 13.2 Å². The summed E-state index contributed by atoms with van der Waals surface area (Å²) in [7, 11) is 2.78. The van der Waals surface area contributed by atoms with Crippen LogP contribution in [0.1, 0.15) is 137 Å². The van der Waals surface area contributed by atoms with Gasteiger partial charge in [0.2, 0.25) is 11.8 Å². The minimum atomic E-state index is -1.18. The molecule has 4 bridgehead atoms. The average Bonchev–Trinajstić information content (AvgIpc) is 3.33. The molecule has 5 atom stereocenters. The first-order valence-corrected chi connectivity index (χ1v) is 25.1. The standard InChI is InChI=1S/C58H74N4O9/c1-10-11-14-39-19-22-41(23-20-39)42-24-26-43(27-25-42)50(63)29-28-48(61-57(69)71-58(5,6)7)51(64)35-45(15-12-13-30-59)55(67)62(8)53-44-21-17-37(3)47(34-44)46-32-40(18-16-36(46)2)33-49(56(68)70-9)60-54(66)38(4)31-52(53)65/h16-27,32,34,38,45,48-49,53H,10-15,28-31,33,35,59H2,1-9H3,(H,60,66)(H,61,69)/t38-,45-,48-,49+,53+/m1/s1. The predicted octanol–water partition coefficient (Wildman–Crippen LogP) is 9.55. The molecule has 0 fully saturated rings. The molecular weight excluding hydrogens is 897 g/mol. The number of unbranched alkanes of at least 4 members (excludes halogenated alkanes) is 2. The number of nitrogens with one attached hydrogen (secondary N) is 2. The molecule has 5 rings (SSSR count). The maximum atomic E-state index is 15.0. The van der Waals surface area contributed by atoms with E-state index in [2.05, 4.69) is 41.8 Å². The maximum absolute atomic E-state index is 15.0. The van der Waals surface area contributed by atoms with Crippen LogP contribution < -0.4 is 16.4 Å². The van der Waals surface area contributed by atoms with Crippen LogP contribution in [0.4, 0.5) is 4.79 Å². The maximum Gasteiger partial charge on any atom is 0.408 e. The first-order valence-electron chi connectivity index (χ1n) is 25.1. The Kier molecular flexibility index (Phi) is 20.0. The van der Waals surface area contributed by atoms with Crippen LogP contribution in [-0.4, -0.2) is 84.5 Å². The summed E-state index contributed by atoms with van der Waals surface area (Å²) in [5.74, 6) is -4.59. The van der Waals surface area contributed by atoms with Gasteiger partial charge in [0.1, 0.15) is 17.7 Å². The van der Waals surface area contributed by atoms with E-state index in [-0.39, 0.29) is 44.3 Å². The predicted molar refractivity (Wildman–Crippen MR) is 277 cm³/mol. The van der Waals surface area contributed by atoms with Crippen molar-refractivity contribution in [1.82, 2.24) is 15.5 Å². The molecule has 4 N–H and O–H groups in total. The number of fused-ring (bicyclic) bond motifs is 5. The Morgan fingerprint density at radius 3 is 2.08 bits per heavy atom. The summed E-state index contributed by atoms with van der Waals surface area (Å²) >= 11 is 0. The van der Waals surface area contributed by atoms with E-state index in [9.17, 15) is 28.8 Å². The Morgan fingerprint density at radius 1 is 0.831 bits per heavy atom. The lowest BCUT2D eigenvalue weighted by Gasteiger charge is -2.32. The number of alkyl carbamates (subject to hydrolysis) is 1. The minimum Gasteiger partial charge on any atom is -0.467 e. The third-order valence-corrected chi connectivity index (χ3v) is 13.3. The second kappa shape index (κ2) is 25.6. The number of hydrogen-bond acceptors (Lipinski definition) is 10. The largest absolute Gasteiger partial charge is 0.467 e. The number of hydrogen-bond donors (Lipinski definition) is 3. The minimum absolute atomic E-state index is 0.0535. The molecule has 4 aromatic carbocycles. The number of likely N-dealkylation sites (N-methyl/N-ethyl adjacent to an activating group) is 1. The molecule has 1 heterocycles. The first-order chi connectivity index (χ1) is 33.7. The number of nitrogens with zero attached hydrogens (tertiary/aromatic N) is 1. The van der Waals surface area contributed by atoms with Crippen molar-refractivity contribution in [3.63, 3.8) is 0 Å². The molecule has 0 saturated carbocycles. The molecule has 13 heteroatoms. The lowest BCUT2D eigenvalue weighted by molar-refractivity contribution is -0.146. The molecule has 1 aliphatic heterocycles. The molecule has 3 amide bonds. The van der Waals surface area contributed by atoms with E-state index in [4.69, 9.17) is 15.2 Å². The summed E-state index contributed by atoms with van der Waals surface area (Å²) in [5.41, 5.74) is 13.6. The number of Topliss-reactive ketones (excluding diaryl/α,β-unsaturated/α-hetero) is 3. The van der Waals surface area contributed by atoms with Crippen LogP contribution in [-0.2, 0) is 46.3 Å². The van der Waals surface area contributed by atoms with Crippen molar-refractivity contribution in [2.75, 3.05) is 20.7 Å². The zero-order valence-corrected chi connectivity index (χ0v) is 43.2. The highest BCUT2D eigenvalue weighted by Crippen LogP contribution is 2.35. The van der Waals surface area contributed by atoms with Gasteiger partial charge >= 0.3 is 12.1 Å². The van der Waals surface area contributed by atoms with Gasteiger partial charge in [-0.05, 0) is 129 Å². The highest BCUT2D eigenvalue weighted by Gasteiger charge is 2.37. The third kappa shape index (κ3) is 15.5. The fraction of sp³-hybridized carbons (Fsp3) is 0.466. The van der Waals surface area contributed by atoms with Gasteiger partial charge in [-0.25, -0.2) is 9.59 Å². The second-order valence-corrected chi connectivity index (χ2v) is 20.1. The molecule has 0 aliphatic carbocycles.